The summed E-state index contributed by atoms with van der Waals surface area (Å²) in [7, 11) is 0. The van der Waals surface area contributed by atoms with E-state index in [1.54, 1.807) is 33.0 Å². The number of carbonyl (C=O) groups is 2. The number of benzene rings is 2. The average Bonchev–Trinajstić information content (AvgIpc) is 2.77. The van der Waals surface area contributed by atoms with Crippen molar-refractivity contribution in [3.05, 3.63) is 90.3 Å². The molecule has 1 heterocycles. The first-order chi connectivity index (χ1) is 15.3. The molecule has 0 saturated carbocycles. The first kappa shape index (κ1) is 23.0. The summed E-state index contributed by atoms with van der Waals surface area (Å²) < 4.78 is 5.32. The molecule has 0 bridgehead atoms. The van der Waals surface area contributed by atoms with Crippen LogP contribution in [0.4, 0.5) is 4.79 Å². The highest BCUT2D eigenvalue weighted by Gasteiger charge is 2.25. The zero-order chi connectivity index (χ0) is 23.0. The van der Waals surface area contributed by atoms with Crippen molar-refractivity contribution in [1.29, 1.82) is 0 Å². The Morgan fingerprint density at radius 3 is 2.19 bits per heavy atom. The highest BCUT2D eigenvalue weighted by Crippen LogP contribution is 2.19. The van der Waals surface area contributed by atoms with Crippen LogP contribution in [0.3, 0.4) is 0 Å². The number of rotatable bonds is 7. The van der Waals surface area contributed by atoms with Gasteiger partial charge >= 0.3 is 6.09 Å². The zero-order valence-corrected chi connectivity index (χ0v) is 18.7. The minimum atomic E-state index is -0.802. The summed E-state index contributed by atoms with van der Waals surface area (Å²) in [5.74, 6) is -0.298. The first-order valence-electron chi connectivity index (χ1n) is 10.6. The second-order valence-corrected chi connectivity index (χ2v) is 8.50. The molecular weight excluding hydrogens is 402 g/mol. The van der Waals surface area contributed by atoms with E-state index in [4.69, 9.17) is 4.74 Å². The molecule has 166 valence electrons. The molecule has 0 spiro atoms. The van der Waals surface area contributed by atoms with E-state index < -0.39 is 17.7 Å². The van der Waals surface area contributed by atoms with Gasteiger partial charge in [-0.05, 0) is 49.6 Å². The van der Waals surface area contributed by atoms with E-state index in [1.165, 1.54) is 0 Å². The maximum Gasteiger partial charge on any atom is 0.408 e. The standard InChI is InChI=1S/C26H29N3O3/c1-26(2,3)32-25(31)29-23(17-22-11-7-8-16-27-22)24(30)28-18-19-12-14-21(15-13-19)20-9-5-4-6-10-20/h4-16,23H,17-18H2,1-3H3,(H,28,30)(H,29,31)/t23-/m0/s1. The van der Waals surface area contributed by atoms with E-state index in [1.807, 2.05) is 54.6 Å². The Morgan fingerprint density at radius 2 is 1.56 bits per heavy atom. The van der Waals surface area contributed by atoms with Crippen molar-refractivity contribution in [3.63, 3.8) is 0 Å². The fraction of sp³-hybridized carbons (Fsp3) is 0.269. The van der Waals surface area contributed by atoms with Gasteiger partial charge in [0.1, 0.15) is 11.6 Å². The highest BCUT2D eigenvalue weighted by atomic mass is 16.6. The third-order valence-corrected chi connectivity index (χ3v) is 4.67. The van der Waals surface area contributed by atoms with E-state index in [9.17, 15) is 9.59 Å². The van der Waals surface area contributed by atoms with Gasteiger partial charge in [-0.3, -0.25) is 9.78 Å². The summed E-state index contributed by atoms with van der Waals surface area (Å²) in [6.07, 6.45) is 1.28. The van der Waals surface area contributed by atoms with Crippen LogP contribution in [-0.4, -0.2) is 28.6 Å². The van der Waals surface area contributed by atoms with Gasteiger partial charge in [0, 0.05) is 24.9 Å². The second-order valence-electron chi connectivity index (χ2n) is 8.50. The van der Waals surface area contributed by atoms with E-state index in [2.05, 4.69) is 27.8 Å². The topological polar surface area (TPSA) is 80.3 Å². The van der Waals surface area contributed by atoms with Gasteiger partial charge < -0.3 is 15.4 Å². The predicted molar refractivity (Wildman–Crippen MR) is 125 cm³/mol. The lowest BCUT2D eigenvalue weighted by Gasteiger charge is -2.23. The molecule has 2 amide bonds. The average molecular weight is 432 g/mol. The minimum Gasteiger partial charge on any atom is -0.444 e. The molecule has 1 atom stereocenters. The first-order valence-corrected chi connectivity index (χ1v) is 10.6. The molecule has 3 aromatic rings. The Bertz CT molecular complexity index is 1010. The molecule has 0 saturated heterocycles. The molecule has 2 N–H and O–H groups in total. The summed E-state index contributed by atoms with van der Waals surface area (Å²) in [5, 5.41) is 5.59. The SMILES string of the molecule is CC(C)(C)OC(=O)N[C@@H](Cc1ccccn1)C(=O)NCc1ccc(-c2ccccc2)cc1. The molecule has 2 aromatic carbocycles. The van der Waals surface area contributed by atoms with Gasteiger partial charge in [0.2, 0.25) is 5.91 Å². The van der Waals surface area contributed by atoms with Crippen molar-refractivity contribution >= 4 is 12.0 Å². The van der Waals surface area contributed by atoms with E-state index in [0.717, 1.165) is 16.7 Å². The molecule has 0 aliphatic carbocycles. The molecule has 6 nitrogen and oxygen atoms in total. The van der Waals surface area contributed by atoms with Gasteiger partial charge in [0.15, 0.2) is 0 Å². The van der Waals surface area contributed by atoms with Crippen molar-refractivity contribution in [3.8, 4) is 11.1 Å². The Labute approximate surface area is 189 Å². The van der Waals surface area contributed by atoms with Crippen LogP contribution < -0.4 is 10.6 Å². The fourth-order valence-electron chi connectivity index (χ4n) is 3.15. The Kier molecular flexibility index (Phi) is 7.60. The Hall–Kier alpha value is -3.67. The highest BCUT2D eigenvalue weighted by molar-refractivity contribution is 5.86. The molecule has 6 heteroatoms. The third kappa shape index (κ3) is 7.23. The number of amides is 2. The van der Waals surface area contributed by atoms with E-state index in [-0.39, 0.29) is 12.3 Å². The van der Waals surface area contributed by atoms with Crippen LogP contribution in [0.5, 0.6) is 0 Å². The van der Waals surface area contributed by atoms with Crippen molar-refractivity contribution in [2.24, 2.45) is 0 Å². The molecule has 1 aromatic heterocycles. The van der Waals surface area contributed by atoms with Gasteiger partial charge in [0.25, 0.3) is 0 Å². The predicted octanol–water partition coefficient (Wildman–Crippen LogP) is 4.50. The lowest BCUT2D eigenvalue weighted by molar-refractivity contribution is -0.123. The number of aromatic nitrogens is 1. The van der Waals surface area contributed by atoms with Crippen LogP contribution in [0.25, 0.3) is 11.1 Å². The Morgan fingerprint density at radius 1 is 0.906 bits per heavy atom. The van der Waals surface area contributed by atoms with Crippen molar-refractivity contribution < 1.29 is 14.3 Å². The van der Waals surface area contributed by atoms with Gasteiger partial charge in [-0.1, -0.05) is 60.7 Å². The van der Waals surface area contributed by atoms with Crippen LogP contribution >= 0.6 is 0 Å². The quantitative estimate of drug-likeness (QED) is 0.577. The zero-order valence-electron chi connectivity index (χ0n) is 18.7. The lowest BCUT2D eigenvalue weighted by atomic mass is 10.0. The smallest absolute Gasteiger partial charge is 0.408 e. The molecular formula is C26H29N3O3. The fourth-order valence-corrected chi connectivity index (χ4v) is 3.15. The summed E-state index contributed by atoms with van der Waals surface area (Å²) in [6, 6.07) is 22.8. The number of hydrogen-bond donors (Lipinski definition) is 2. The van der Waals surface area contributed by atoms with Gasteiger partial charge in [-0.15, -0.1) is 0 Å². The second kappa shape index (κ2) is 10.6. The molecule has 0 aliphatic heterocycles. The van der Waals surface area contributed by atoms with Crippen LogP contribution in [0.15, 0.2) is 79.0 Å². The molecule has 32 heavy (non-hydrogen) atoms. The maximum absolute atomic E-state index is 12.9. The molecule has 0 fully saturated rings. The number of ether oxygens (including phenoxy) is 1. The summed E-state index contributed by atoms with van der Waals surface area (Å²) in [6.45, 7) is 5.68. The van der Waals surface area contributed by atoms with Gasteiger partial charge in [0.05, 0.1) is 0 Å². The van der Waals surface area contributed by atoms with Crippen molar-refractivity contribution in [2.45, 2.75) is 45.4 Å². The third-order valence-electron chi connectivity index (χ3n) is 4.67. The monoisotopic (exact) mass is 431 g/mol. The molecule has 0 aliphatic rings. The van der Waals surface area contributed by atoms with Gasteiger partial charge in [-0.25, -0.2) is 4.79 Å². The van der Waals surface area contributed by atoms with Crippen LogP contribution in [-0.2, 0) is 22.5 Å². The largest absolute Gasteiger partial charge is 0.444 e. The van der Waals surface area contributed by atoms with Gasteiger partial charge in [-0.2, -0.15) is 0 Å². The van der Waals surface area contributed by atoms with Crippen LogP contribution in [0.1, 0.15) is 32.0 Å². The van der Waals surface area contributed by atoms with Crippen LogP contribution in [0, 0.1) is 0 Å². The van der Waals surface area contributed by atoms with E-state index >= 15 is 0 Å². The summed E-state index contributed by atoms with van der Waals surface area (Å²) in [4.78, 5) is 29.4. The minimum absolute atomic E-state index is 0.263. The van der Waals surface area contributed by atoms with Crippen molar-refractivity contribution in [1.82, 2.24) is 15.6 Å². The number of nitrogens with one attached hydrogen (secondary N) is 2. The molecule has 0 unspecified atom stereocenters. The number of alkyl carbamates (subject to hydrolysis) is 1. The van der Waals surface area contributed by atoms with Crippen LogP contribution in [0.2, 0.25) is 0 Å². The van der Waals surface area contributed by atoms with E-state index in [0.29, 0.717) is 12.2 Å². The normalized spacial score (nSPS) is 12.0. The van der Waals surface area contributed by atoms with Crippen molar-refractivity contribution in [2.75, 3.05) is 0 Å². The summed E-state index contributed by atoms with van der Waals surface area (Å²) >= 11 is 0. The Balaban J connectivity index is 1.64. The summed E-state index contributed by atoms with van der Waals surface area (Å²) in [5.41, 5.74) is 3.26. The molecule has 0 radical (unpaired) electrons. The lowest BCUT2D eigenvalue weighted by Crippen LogP contribution is -2.49. The number of hydrogen-bond acceptors (Lipinski definition) is 4. The number of nitrogens with zero attached hydrogens (tertiary/aromatic N) is 1. The number of carbonyl (C=O) groups excluding carboxylic acids is 2. The number of pyridine rings is 1. The molecule has 3 rings (SSSR count). The maximum atomic E-state index is 12.9.